The fourth-order valence-electron chi connectivity index (χ4n) is 2.31. The van der Waals surface area contributed by atoms with E-state index in [1.807, 2.05) is 0 Å². The Kier molecular flexibility index (Phi) is 4.77. The van der Waals surface area contributed by atoms with Gasteiger partial charge in [-0.15, -0.1) is 0 Å². The molecule has 1 heterocycles. The summed E-state index contributed by atoms with van der Waals surface area (Å²) >= 11 is 0. The molecule has 0 atom stereocenters. The van der Waals surface area contributed by atoms with Gasteiger partial charge in [-0.05, 0) is 37.5 Å². The van der Waals surface area contributed by atoms with E-state index in [1.165, 1.54) is 12.1 Å². The Morgan fingerprint density at radius 1 is 1.33 bits per heavy atom. The summed E-state index contributed by atoms with van der Waals surface area (Å²) in [5.74, 6) is 0.0586. The van der Waals surface area contributed by atoms with E-state index in [0.717, 1.165) is 5.56 Å². The molecule has 0 aliphatic carbocycles. The third-order valence-electron chi connectivity index (χ3n) is 3.70. The second kappa shape index (κ2) is 6.39. The van der Waals surface area contributed by atoms with Gasteiger partial charge >= 0.3 is 6.61 Å². The lowest BCUT2D eigenvalue weighted by Gasteiger charge is -2.35. The Labute approximate surface area is 122 Å². The van der Waals surface area contributed by atoms with Gasteiger partial charge in [-0.3, -0.25) is 4.79 Å². The maximum absolute atomic E-state index is 12.1. The molecule has 1 aliphatic heterocycles. The zero-order chi connectivity index (χ0) is 15.5. The molecule has 1 aliphatic rings. The second-order valence-corrected chi connectivity index (χ2v) is 5.58. The lowest BCUT2D eigenvalue weighted by atomic mass is 9.93. The largest absolute Gasteiger partial charge is 0.435 e. The van der Waals surface area contributed by atoms with Crippen LogP contribution in [0.25, 0.3) is 0 Å². The molecular formula is C15H19F2NO3. The van der Waals surface area contributed by atoms with Crippen LogP contribution in [0.5, 0.6) is 5.75 Å². The van der Waals surface area contributed by atoms with Gasteiger partial charge in [0, 0.05) is 13.1 Å². The molecule has 1 fully saturated rings. The molecule has 0 radical (unpaired) electrons. The van der Waals surface area contributed by atoms with Crippen molar-refractivity contribution >= 4 is 5.91 Å². The number of piperidine rings is 1. The molecule has 0 saturated carbocycles. The first-order chi connectivity index (χ1) is 9.85. The number of amides is 1. The lowest BCUT2D eigenvalue weighted by Crippen LogP contribution is -2.45. The van der Waals surface area contributed by atoms with Crippen LogP contribution in [0.15, 0.2) is 24.3 Å². The monoisotopic (exact) mass is 299 g/mol. The predicted octanol–water partition coefficient (Wildman–Crippen LogP) is 2.20. The molecule has 0 unspecified atom stereocenters. The van der Waals surface area contributed by atoms with Crippen molar-refractivity contribution in [2.24, 2.45) is 0 Å². The molecule has 0 bridgehead atoms. The highest BCUT2D eigenvalue weighted by atomic mass is 19.3. The van der Waals surface area contributed by atoms with Crippen molar-refractivity contribution in [2.45, 2.75) is 38.4 Å². The van der Waals surface area contributed by atoms with Crippen molar-refractivity contribution in [1.29, 1.82) is 0 Å². The lowest BCUT2D eigenvalue weighted by molar-refractivity contribution is -0.134. The number of halogens is 2. The van der Waals surface area contributed by atoms with E-state index in [-0.39, 0.29) is 18.1 Å². The predicted molar refractivity (Wildman–Crippen MR) is 73.2 cm³/mol. The fourth-order valence-corrected chi connectivity index (χ4v) is 2.31. The summed E-state index contributed by atoms with van der Waals surface area (Å²) in [5, 5.41) is 9.85. The van der Waals surface area contributed by atoms with Gasteiger partial charge in [0.1, 0.15) is 5.75 Å². The van der Waals surface area contributed by atoms with Crippen molar-refractivity contribution in [3.63, 3.8) is 0 Å². The Morgan fingerprint density at radius 2 is 1.90 bits per heavy atom. The van der Waals surface area contributed by atoms with Crippen LogP contribution < -0.4 is 4.74 Å². The minimum absolute atomic E-state index is 0.0203. The van der Waals surface area contributed by atoms with Gasteiger partial charge in [0.2, 0.25) is 5.91 Å². The van der Waals surface area contributed by atoms with E-state index in [2.05, 4.69) is 4.74 Å². The Balaban J connectivity index is 1.88. The number of nitrogens with zero attached hydrogens (tertiary/aromatic N) is 1. The van der Waals surface area contributed by atoms with Gasteiger partial charge in [0.25, 0.3) is 0 Å². The van der Waals surface area contributed by atoms with Crippen LogP contribution in [0.2, 0.25) is 0 Å². The van der Waals surface area contributed by atoms with Gasteiger partial charge < -0.3 is 14.7 Å². The molecule has 6 heteroatoms. The molecule has 2 rings (SSSR count). The molecule has 0 spiro atoms. The number of ether oxygens (including phenoxy) is 1. The van der Waals surface area contributed by atoms with Crippen molar-refractivity contribution in [2.75, 3.05) is 13.1 Å². The Bertz CT molecular complexity index is 478. The SMILES string of the molecule is CC1(O)CCN(C(=O)Cc2ccc(OC(F)F)cc2)CC1. The number of alkyl halides is 2. The highest BCUT2D eigenvalue weighted by Crippen LogP contribution is 2.22. The number of benzene rings is 1. The van der Waals surface area contributed by atoms with Crippen LogP contribution in [0, 0.1) is 0 Å². The maximum Gasteiger partial charge on any atom is 0.387 e. The summed E-state index contributed by atoms with van der Waals surface area (Å²) in [4.78, 5) is 13.9. The van der Waals surface area contributed by atoms with Crippen molar-refractivity contribution in [3.05, 3.63) is 29.8 Å². The van der Waals surface area contributed by atoms with Gasteiger partial charge in [0.15, 0.2) is 0 Å². The van der Waals surface area contributed by atoms with Crippen LogP contribution in [0.4, 0.5) is 8.78 Å². The Morgan fingerprint density at radius 3 is 2.43 bits per heavy atom. The highest BCUT2D eigenvalue weighted by molar-refractivity contribution is 5.78. The molecule has 0 aromatic heterocycles. The smallest absolute Gasteiger partial charge is 0.387 e. The number of likely N-dealkylation sites (tertiary alicyclic amines) is 1. The number of hydrogen-bond acceptors (Lipinski definition) is 3. The first-order valence-corrected chi connectivity index (χ1v) is 6.90. The van der Waals surface area contributed by atoms with Gasteiger partial charge in [0.05, 0.1) is 12.0 Å². The van der Waals surface area contributed by atoms with E-state index in [9.17, 15) is 18.7 Å². The summed E-state index contributed by atoms with van der Waals surface area (Å²) in [6.45, 7) is 0.00604. The zero-order valence-electron chi connectivity index (χ0n) is 11.9. The van der Waals surface area contributed by atoms with E-state index in [0.29, 0.717) is 25.9 Å². The highest BCUT2D eigenvalue weighted by Gasteiger charge is 2.29. The van der Waals surface area contributed by atoms with Crippen LogP contribution in [-0.2, 0) is 11.2 Å². The summed E-state index contributed by atoms with van der Waals surface area (Å²) in [5.41, 5.74) is 0.0596. The molecule has 1 aromatic carbocycles. The number of rotatable bonds is 4. The zero-order valence-corrected chi connectivity index (χ0v) is 11.9. The van der Waals surface area contributed by atoms with Crippen molar-refractivity contribution in [3.8, 4) is 5.75 Å². The van der Waals surface area contributed by atoms with Gasteiger partial charge in [-0.1, -0.05) is 12.1 Å². The third-order valence-corrected chi connectivity index (χ3v) is 3.70. The number of aliphatic hydroxyl groups is 1. The van der Waals surface area contributed by atoms with Crippen molar-refractivity contribution < 1.29 is 23.4 Å². The molecule has 1 aromatic rings. The summed E-state index contributed by atoms with van der Waals surface area (Å²) < 4.78 is 28.3. The molecule has 1 N–H and O–H groups in total. The van der Waals surface area contributed by atoms with Gasteiger partial charge in [-0.25, -0.2) is 0 Å². The van der Waals surface area contributed by atoms with Crippen LogP contribution >= 0.6 is 0 Å². The molecular weight excluding hydrogens is 280 g/mol. The fraction of sp³-hybridized carbons (Fsp3) is 0.533. The maximum atomic E-state index is 12.1. The van der Waals surface area contributed by atoms with Gasteiger partial charge in [-0.2, -0.15) is 8.78 Å². The quantitative estimate of drug-likeness (QED) is 0.927. The molecule has 1 amide bonds. The summed E-state index contributed by atoms with van der Waals surface area (Å²) in [6.07, 6.45) is 1.36. The van der Waals surface area contributed by atoms with E-state index < -0.39 is 12.2 Å². The molecule has 4 nitrogen and oxygen atoms in total. The average molecular weight is 299 g/mol. The van der Waals surface area contributed by atoms with E-state index in [4.69, 9.17) is 0 Å². The topological polar surface area (TPSA) is 49.8 Å². The summed E-state index contributed by atoms with van der Waals surface area (Å²) in [7, 11) is 0. The number of carbonyl (C=O) groups is 1. The van der Waals surface area contributed by atoms with Crippen LogP contribution in [-0.4, -0.2) is 41.2 Å². The number of carbonyl (C=O) groups excluding carboxylic acids is 1. The standard InChI is InChI=1S/C15H19F2NO3/c1-15(20)6-8-18(9-7-15)13(19)10-11-2-4-12(5-3-11)21-14(16)17/h2-5,14,20H,6-10H2,1H3. The number of hydrogen-bond donors (Lipinski definition) is 1. The van der Waals surface area contributed by atoms with Crippen molar-refractivity contribution in [1.82, 2.24) is 4.90 Å². The van der Waals surface area contributed by atoms with E-state index in [1.54, 1.807) is 24.0 Å². The third kappa shape index (κ3) is 4.67. The minimum atomic E-state index is -2.85. The first kappa shape index (κ1) is 15.7. The second-order valence-electron chi connectivity index (χ2n) is 5.58. The minimum Gasteiger partial charge on any atom is -0.435 e. The first-order valence-electron chi connectivity index (χ1n) is 6.90. The molecule has 116 valence electrons. The van der Waals surface area contributed by atoms with Crippen LogP contribution in [0.1, 0.15) is 25.3 Å². The van der Waals surface area contributed by atoms with Crippen LogP contribution in [0.3, 0.4) is 0 Å². The van der Waals surface area contributed by atoms with E-state index >= 15 is 0 Å². The molecule has 1 saturated heterocycles. The normalized spacial score (nSPS) is 17.9. The summed E-state index contributed by atoms with van der Waals surface area (Å²) in [6, 6.07) is 6.07. The molecule has 21 heavy (non-hydrogen) atoms. The average Bonchev–Trinajstić information content (AvgIpc) is 2.40. The Hall–Kier alpha value is -1.69.